The van der Waals surface area contributed by atoms with Crippen molar-refractivity contribution in [2.45, 2.75) is 46.0 Å². The normalized spacial score (nSPS) is 17.9. The molecule has 1 saturated carbocycles. The molecular formula is C16H22ClNO. The number of nitrogens with two attached hydrogens (primary N) is 1. The zero-order chi connectivity index (χ0) is 14.0. The molecule has 2 N–H and O–H groups in total. The molecule has 2 rings (SSSR count). The lowest BCUT2D eigenvalue weighted by molar-refractivity contribution is 0.0760. The predicted octanol–water partition coefficient (Wildman–Crippen LogP) is 4.71. The fourth-order valence-electron chi connectivity index (χ4n) is 3.36. The molecule has 104 valence electrons. The summed E-state index contributed by atoms with van der Waals surface area (Å²) in [5.74, 6) is 0.735. The van der Waals surface area contributed by atoms with Gasteiger partial charge in [0.15, 0.2) is 5.78 Å². The van der Waals surface area contributed by atoms with Crippen molar-refractivity contribution in [3.8, 4) is 0 Å². The van der Waals surface area contributed by atoms with Crippen LogP contribution in [0.15, 0.2) is 18.2 Å². The number of hydrogen-bond acceptors (Lipinski definition) is 2. The van der Waals surface area contributed by atoms with E-state index in [1.54, 1.807) is 18.2 Å². The van der Waals surface area contributed by atoms with Crippen LogP contribution < -0.4 is 5.73 Å². The number of carbonyl (C=O) groups is 1. The molecule has 0 spiro atoms. The van der Waals surface area contributed by atoms with E-state index in [1.807, 2.05) is 0 Å². The molecule has 3 heteroatoms. The number of hydrogen-bond donors (Lipinski definition) is 1. The van der Waals surface area contributed by atoms with Crippen molar-refractivity contribution in [2.24, 2.45) is 11.3 Å². The van der Waals surface area contributed by atoms with Crippen molar-refractivity contribution < 1.29 is 4.79 Å². The molecule has 19 heavy (non-hydrogen) atoms. The molecule has 0 aliphatic heterocycles. The standard InChI is InChI=1S/C16H22ClNO/c1-11(2)10-16(7-3-4-8-16)15(19)13-6-5-12(18)9-14(13)17/h5-6,9,11H,3-4,7-8,10,18H2,1-2H3. The number of halogens is 1. The van der Waals surface area contributed by atoms with Gasteiger partial charge in [-0.3, -0.25) is 4.79 Å². The Labute approximate surface area is 120 Å². The van der Waals surface area contributed by atoms with E-state index < -0.39 is 0 Å². The summed E-state index contributed by atoms with van der Waals surface area (Å²) in [5.41, 5.74) is 6.74. The van der Waals surface area contributed by atoms with Gasteiger partial charge in [-0.15, -0.1) is 0 Å². The first kappa shape index (κ1) is 14.4. The number of ketones is 1. The number of nitrogen functional groups attached to an aromatic ring is 1. The minimum Gasteiger partial charge on any atom is -0.399 e. The van der Waals surface area contributed by atoms with Gasteiger partial charge >= 0.3 is 0 Å². The van der Waals surface area contributed by atoms with Gasteiger partial charge in [-0.1, -0.05) is 38.3 Å². The monoisotopic (exact) mass is 279 g/mol. The molecular weight excluding hydrogens is 258 g/mol. The van der Waals surface area contributed by atoms with Crippen LogP contribution in [0.2, 0.25) is 5.02 Å². The third kappa shape index (κ3) is 2.94. The quantitative estimate of drug-likeness (QED) is 0.640. The second-order valence-corrected chi connectivity index (χ2v) is 6.56. The Morgan fingerprint density at radius 1 is 1.37 bits per heavy atom. The number of carbonyl (C=O) groups excluding carboxylic acids is 1. The molecule has 1 aromatic rings. The van der Waals surface area contributed by atoms with Gasteiger partial charge in [-0.05, 0) is 43.4 Å². The molecule has 0 amide bonds. The van der Waals surface area contributed by atoms with Crippen LogP contribution in [0.25, 0.3) is 0 Å². The Morgan fingerprint density at radius 3 is 2.53 bits per heavy atom. The molecule has 1 aromatic carbocycles. The van der Waals surface area contributed by atoms with E-state index in [4.69, 9.17) is 17.3 Å². The first-order valence-electron chi connectivity index (χ1n) is 7.04. The van der Waals surface area contributed by atoms with Gasteiger partial charge in [0.1, 0.15) is 0 Å². The van der Waals surface area contributed by atoms with Gasteiger partial charge in [0.25, 0.3) is 0 Å². The molecule has 0 aromatic heterocycles. The van der Waals surface area contributed by atoms with Crippen molar-refractivity contribution in [1.82, 2.24) is 0 Å². The molecule has 0 saturated heterocycles. The van der Waals surface area contributed by atoms with Crippen LogP contribution in [0, 0.1) is 11.3 Å². The molecule has 1 fully saturated rings. The van der Waals surface area contributed by atoms with Crippen LogP contribution in [-0.2, 0) is 0 Å². The van der Waals surface area contributed by atoms with Crippen molar-refractivity contribution in [3.05, 3.63) is 28.8 Å². The number of rotatable bonds is 4. The molecule has 0 atom stereocenters. The lowest BCUT2D eigenvalue weighted by Crippen LogP contribution is -2.30. The molecule has 1 aliphatic carbocycles. The molecule has 0 radical (unpaired) electrons. The minimum absolute atomic E-state index is 0.200. The summed E-state index contributed by atoms with van der Waals surface area (Å²) in [6.45, 7) is 4.36. The summed E-state index contributed by atoms with van der Waals surface area (Å²) in [7, 11) is 0. The molecule has 0 heterocycles. The van der Waals surface area contributed by atoms with Gasteiger partial charge in [-0.25, -0.2) is 0 Å². The van der Waals surface area contributed by atoms with Gasteiger partial charge in [-0.2, -0.15) is 0 Å². The Balaban J connectivity index is 2.34. The van der Waals surface area contributed by atoms with Crippen LogP contribution in [0.4, 0.5) is 5.69 Å². The van der Waals surface area contributed by atoms with Gasteiger partial charge in [0.05, 0.1) is 5.02 Å². The largest absolute Gasteiger partial charge is 0.399 e. The highest BCUT2D eigenvalue weighted by molar-refractivity contribution is 6.34. The second kappa shape index (κ2) is 5.54. The van der Waals surface area contributed by atoms with E-state index >= 15 is 0 Å². The Kier molecular flexibility index (Phi) is 4.19. The maximum atomic E-state index is 12.9. The zero-order valence-corrected chi connectivity index (χ0v) is 12.5. The zero-order valence-electron chi connectivity index (χ0n) is 11.7. The first-order chi connectivity index (χ1) is 8.94. The smallest absolute Gasteiger partial charge is 0.170 e. The Hall–Kier alpha value is -1.02. The SMILES string of the molecule is CC(C)CC1(C(=O)c2ccc(N)cc2Cl)CCCC1. The van der Waals surface area contributed by atoms with Crippen molar-refractivity contribution in [2.75, 3.05) is 5.73 Å². The number of Topliss-reactive ketones (excluding diaryl/α,β-unsaturated/α-hetero) is 1. The van der Waals surface area contributed by atoms with Crippen LogP contribution in [-0.4, -0.2) is 5.78 Å². The van der Waals surface area contributed by atoms with E-state index in [1.165, 1.54) is 0 Å². The van der Waals surface area contributed by atoms with E-state index in [2.05, 4.69) is 13.8 Å². The average molecular weight is 280 g/mol. The maximum Gasteiger partial charge on any atom is 0.170 e. The average Bonchev–Trinajstić information content (AvgIpc) is 2.77. The van der Waals surface area contributed by atoms with Crippen LogP contribution in [0.5, 0.6) is 0 Å². The van der Waals surface area contributed by atoms with Crippen molar-refractivity contribution >= 4 is 23.1 Å². The highest BCUT2D eigenvalue weighted by Crippen LogP contribution is 2.46. The van der Waals surface area contributed by atoms with Gasteiger partial charge in [0, 0.05) is 16.7 Å². The highest BCUT2D eigenvalue weighted by atomic mass is 35.5. The Bertz CT molecular complexity index is 476. The van der Waals surface area contributed by atoms with E-state index in [9.17, 15) is 4.79 Å². The van der Waals surface area contributed by atoms with E-state index in [0.717, 1.165) is 32.1 Å². The lowest BCUT2D eigenvalue weighted by Gasteiger charge is -2.29. The first-order valence-corrected chi connectivity index (χ1v) is 7.42. The van der Waals surface area contributed by atoms with Crippen molar-refractivity contribution in [3.63, 3.8) is 0 Å². The maximum absolute atomic E-state index is 12.9. The Morgan fingerprint density at radius 2 is 2.00 bits per heavy atom. The summed E-state index contributed by atoms with van der Waals surface area (Å²) < 4.78 is 0. The van der Waals surface area contributed by atoms with E-state index in [-0.39, 0.29) is 11.2 Å². The summed E-state index contributed by atoms with van der Waals surface area (Å²) >= 11 is 6.20. The van der Waals surface area contributed by atoms with Gasteiger partial charge in [0.2, 0.25) is 0 Å². The molecule has 0 unspecified atom stereocenters. The second-order valence-electron chi connectivity index (χ2n) is 6.15. The minimum atomic E-state index is -0.200. The van der Waals surface area contributed by atoms with E-state index in [0.29, 0.717) is 22.2 Å². The number of benzene rings is 1. The summed E-state index contributed by atoms with van der Waals surface area (Å²) in [5, 5.41) is 0.486. The summed E-state index contributed by atoms with van der Waals surface area (Å²) in [6, 6.07) is 5.21. The summed E-state index contributed by atoms with van der Waals surface area (Å²) in [6.07, 6.45) is 5.22. The van der Waals surface area contributed by atoms with Crippen LogP contribution in [0.3, 0.4) is 0 Å². The highest BCUT2D eigenvalue weighted by Gasteiger charge is 2.42. The van der Waals surface area contributed by atoms with Gasteiger partial charge < -0.3 is 5.73 Å². The fourth-order valence-corrected chi connectivity index (χ4v) is 3.63. The predicted molar refractivity (Wildman–Crippen MR) is 80.6 cm³/mol. The van der Waals surface area contributed by atoms with Crippen LogP contribution in [0.1, 0.15) is 56.3 Å². The topological polar surface area (TPSA) is 43.1 Å². The fraction of sp³-hybridized carbons (Fsp3) is 0.562. The molecule has 1 aliphatic rings. The van der Waals surface area contributed by atoms with Crippen LogP contribution >= 0.6 is 11.6 Å². The number of anilines is 1. The molecule has 2 nitrogen and oxygen atoms in total. The third-order valence-electron chi connectivity index (χ3n) is 4.08. The lowest BCUT2D eigenvalue weighted by atomic mass is 9.73. The third-order valence-corrected chi connectivity index (χ3v) is 4.39. The van der Waals surface area contributed by atoms with Crippen molar-refractivity contribution in [1.29, 1.82) is 0 Å². The molecule has 0 bridgehead atoms. The summed E-state index contributed by atoms with van der Waals surface area (Å²) in [4.78, 5) is 12.9.